The van der Waals surface area contributed by atoms with Gasteiger partial charge in [0, 0.05) is 6.42 Å². The average Bonchev–Trinajstić information content (AvgIpc) is 2.28. The number of carbonyl (C=O) groups excluding carboxylic acids is 1. The van der Waals surface area contributed by atoms with E-state index in [4.69, 9.17) is 5.73 Å². The summed E-state index contributed by atoms with van der Waals surface area (Å²) in [6.07, 6.45) is -0.0522. The Balaban J connectivity index is 2.51. The van der Waals surface area contributed by atoms with Crippen LogP contribution in [0, 0.1) is 5.92 Å². The topological polar surface area (TPSA) is 89.3 Å². The van der Waals surface area contributed by atoms with E-state index in [9.17, 15) is 13.2 Å². The third-order valence-electron chi connectivity index (χ3n) is 2.46. The fourth-order valence-corrected chi connectivity index (χ4v) is 3.34. The third-order valence-corrected chi connectivity index (χ3v) is 4.46. The van der Waals surface area contributed by atoms with Crippen LogP contribution in [0.1, 0.15) is 20.3 Å². The van der Waals surface area contributed by atoms with E-state index in [1.54, 1.807) is 24.3 Å². The molecule has 1 aromatic carbocycles. The molecule has 0 unspecified atom stereocenters. The molecule has 6 heteroatoms. The van der Waals surface area contributed by atoms with Crippen LogP contribution in [0.3, 0.4) is 0 Å². The normalized spacial score (nSPS) is 11.5. The number of hydrogen-bond donors (Lipinski definition) is 2. The van der Waals surface area contributed by atoms with Crippen LogP contribution in [0.5, 0.6) is 0 Å². The highest BCUT2D eigenvalue weighted by Crippen LogP contribution is 2.16. The molecule has 0 aliphatic carbocycles. The third kappa shape index (κ3) is 5.74. The molecule has 1 amide bonds. The zero-order chi connectivity index (χ0) is 14.5. The number of nitrogens with one attached hydrogen (secondary N) is 1. The van der Waals surface area contributed by atoms with E-state index in [0.29, 0.717) is 11.4 Å². The van der Waals surface area contributed by atoms with Crippen molar-refractivity contribution in [3.8, 4) is 0 Å². The predicted molar refractivity (Wildman–Crippen MR) is 77.6 cm³/mol. The zero-order valence-corrected chi connectivity index (χ0v) is 12.0. The van der Waals surface area contributed by atoms with Gasteiger partial charge in [0.2, 0.25) is 5.91 Å². The molecule has 106 valence electrons. The first-order valence-corrected chi connectivity index (χ1v) is 7.97. The first-order chi connectivity index (χ1) is 8.80. The lowest BCUT2D eigenvalue weighted by atomic mass is 10.2. The van der Waals surface area contributed by atoms with Crippen molar-refractivity contribution in [1.29, 1.82) is 0 Å². The minimum absolute atomic E-state index is 0.0522. The summed E-state index contributed by atoms with van der Waals surface area (Å²) in [6.45, 7) is 3.67. The van der Waals surface area contributed by atoms with E-state index in [0.717, 1.165) is 0 Å². The van der Waals surface area contributed by atoms with Gasteiger partial charge in [-0.05, 0) is 18.1 Å². The van der Waals surface area contributed by atoms with E-state index in [2.05, 4.69) is 5.32 Å². The Morgan fingerprint density at radius 1 is 1.32 bits per heavy atom. The summed E-state index contributed by atoms with van der Waals surface area (Å²) in [4.78, 5) is 11.7. The van der Waals surface area contributed by atoms with Crippen molar-refractivity contribution in [3.63, 3.8) is 0 Å². The molecule has 0 atom stereocenters. The molecule has 0 heterocycles. The highest BCUT2D eigenvalue weighted by atomic mass is 32.2. The lowest BCUT2D eigenvalue weighted by Gasteiger charge is -2.09. The molecule has 0 saturated carbocycles. The van der Waals surface area contributed by atoms with Crippen LogP contribution in [0.15, 0.2) is 24.3 Å². The fourth-order valence-electron chi connectivity index (χ4n) is 1.66. The number of amides is 1. The number of benzene rings is 1. The largest absolute Gasteiger partial charge is 0.397 e. The van der Waals surface area contributed by atoms with Gasteiger partial charge in [0.25, 0.3) is 0 Å². The molecular weight excluding hydrogens is 264 g/mol. The summed E-state index contributed by atoms with van der Waals surface area (Å²) >= 11 is 0. The number of rotatable bonds is 6. The standard InChI is InChI=1S/C13H20N2O3S/c1-10(2)9-19(17,18)8-7-13(16)15-12-6-4-3-5-11(12)14/h3-6,10H,7-9,14H2,1-2H3,(H,15,16). The Labute approximate surface area is 114 Å². The number of para-hydroxylation sites is 2. The second-order valence-corrected chi connectivity index (χ2v) is 7.12. The van der Waals surface area contributed by atoms with Crippen LogP contribution < -0.4 is 11.1 Å². The van der Waals surface area contributed by atoms with Crippen molar-refractivity contribution >= 4 is 27.1 Å². The SMILES string of the molecule is CC(C)CS(=O)(=O)CCC(=O)Nc1ccccc1N. The minimum atomic E-state index is -3.17. The van der Waals surface area contributed by atoms with E-state index >= 15 is 0 Å². The minimum Gasteiger partial charge on any atom is -0.397 e. The van der Waals surface area contributed by atoms with Crippen molar-refractivity contribution in [2.45, 2.75) is 20.3 Å². The van der Waals surface area contributed by atoms with Crippen LogP contribution in [0.4, 0.5) is 11.4 Å². The molecule has 1 aromatic rings. The molecule has 5 nitrogen and oxygen atoms in total. The number of hydrogen-bond acceptors (Lipinski definition) is 4. The molecule has 0 fully saturated rings. The molecule has 0 aliphatic rings. The summed E-state index contributed by atoms with van der Waals surface area (Å²) < 4.78 is 23.3. The molecule has 0 aliphatic heterocycles. The van der Waals surface area contributed by atoms with Gasteiger partial charge in [-0.2, -0.15) is 0 Å². The van der Waals surface area contributed by atoms with Crippen molar-refractivity contribution in [1.82, 2.24) is 0 Å². The molecule has 0 bridgehead atoms. The molecule has 0 aromatic heterocycles. The molecule has 1 rings (SSSR count). The molecule has 0 spiro atoms. The molecular formula is C13H20N2O3S. The van der Waals surface area contributed by atoms with Crippen molar-refractivity contribution in [2.24, 2.45) is 5.92 Å². The highest BCUT2D eigenvalue weighted by Gasteiger charge is 2.15. The van der Waals surface area contributed by atoms with Crippen LogP contribution in [0.25, 0.3) is 0 Å². The summed E-state index contributed by atoms with van der Waals surface area (Å²) in [5, 5.41) is 2.61. The average molecular weight is 284 g/mol. The van der Waals surface area contributed by atoms with Gasteiger partial charge >= 0.3 is 0 Å². The van der Waals surface area contributed by atoms with E-state index in [-0.39, 0.29) is 29.8 Å². The zero-order valence-electron chi connectivity index (χ0n) is 11.2. The molecule has 0 radical (unpaired) electrons. The quantitative estimate of drug-likeness (QED) is 0.778. The van der Waals surface area contributed by atoms with Gasteiger partial charge in [0.05, 0.1) is 22.9 Å². The first-order valence-electron chi connectivity index (χ1n) is 6.15. The summed E-state index contributed by atoms with van der Waals surface area (Å²) in [5.74, 6) is -0.305. The Morgan fingerprint density at radius 3 is 2.53 bits per heavy atom. The van der Waals surface area contributed by atoms with Gasteiger partial charge in [0.15, 0.2) is 9.84 Å². The maximum atomic E-state index is 11.7. The van der Waals surface area contributed by atoms with Crippen LogP contribution >= 0.6 is 0 Å². The summed E-state index contributed by atoms with van der Waals surface area (Å²) in [6, 6.07) is 6.86. The van der Waals surface area contributed by atoms with Crippen molar-refractivity contribution in [3.05, 3.63) is 24.3 Å². The van der Waals surface area contributed by atoms with Gasteiger partial charge in [-0.1, -0.05) is 26.0 Å². The van der Waals surface area contributed by atoms with Gasteiger partial charge in [0.1, 0.15) is 0 Å². The number of nitrogens with two attached hydrogens (primary N) is 1. The summed E-state index contributed by atoms with van der Waals surface area (Å²) in [7, 11) is -3.17. The van der Waals surface area contributed by atoms with Gasteiger partial charge in [-0.3, -0.25) is 4.79 Å². The number of nitrogen functional groups attached to an aromatic ring is 1. The van der Waals surface area contributed by atoms with Gasteiger partial charge < -0.3 is 11.1 Å². The predicted octanol–water partition coefficient (Wildman–Crippen LogP) is 1.67. The van der Waals surface area contributed by atoms with Crippen molar-refractivity contribution in [2.75, 3.05) is 22.6 Å². The van der Waals surface area contributed by atoms with Crippen LogP contribution in [0.2, 0.25) is 0 Å². The van der Waals surface area contributed by atoms with Crippen molar-refractivity contribution < 1.29 is 13.2 Å². The van der Waals surface area contributed by atoms with E-state index < -0.39 is 9.84 Å². The second kappa shape index (κ2) is 6.56. The lowest BCUT2D eigenvalue weighted by Crippen LogP contribution is -2.21. The Morgan fingerprint density at radius 2 is 1.95 bits per heavy atom. The van der Waals surface area contributed by atoms with Crippen LogP contribution in [-0.4, -0.2) is 25.8 Å². The highest BCUT2D eigenvalue weighted by molar-refractivity contribution is 7.91. The van der Waals surface area contributed by atoms with E-state index in [1.807, 2.05) is 13.8 Å². The van der Waals surface area contributed by atoms with Gasteiger partial charge in [-0.15, -0.1) is 0 Å². The summed E-state index contributed by atoms with van der Waals surface area (Å²) in [5.41, 5.74) is 6.65. The fraction of sp³-hybridized carbons (Fsp3) is 0.462. The van der Waals surface area contributed by atoms with Gasteiger partial charge in [-0.25, -0.2) is 8.42 Å². The molecule has 0 saturated heterocycles. The lowest BCUT2D eigenvalue weighted by molar-refractivity contribution is -0.115. The Kier molecular flexibility index (Phi) is 5.35. The number of sulfone groups is 1. The smallest absolute Gasteiger partial charge is 0.225 e. The Bertz CT molecular complexity index is 539. The molecule has 19 heavy (non-hydrogen) atoms. The second-order valence-electron chi connectivity index (χ2n) is 4.89. The van der Waals surface area contributed by atoms with E-state index in [1.165, 1.54) is 0 Å². The maximum absolute atomic E-state index is 11.7. The number of anilines is 2. The molecule has 3 N–H and O–H groups in total. The monoisotopic (exact) mass is 284 g/mol. The Hall–Kier alpha value is -1.56. The maximum Gasteiger partial charge on any atom is 0.225 e. The first kappa shape index (κ1) is 15.5. The number of carbonyl (C=O) groups is 1. The van der Waals surface area contributed by atoms with Crippen LogP contribution in [-0.2, 0) is 14.6 Å².